The number of nitrogens with zero attached hydrogens (tertiary/aromatic N) is 1. The number of carbonyl (C=O) groups is 1. The number of hydrogen-bond acceptors (Lipinski definition) is 5. The number of amides is 1. The molecule has 1 saturated heterocycles. The summed E-state index contributed by atoms with van der Waals surface area (Å²) in [6.07, 6.45) is 12.5. The summed E-state index contributed by atoms with van der Waals surface area (Å²) in [6, 6.07) is 0. The van der Waals surface area contributed by atoms with E-state index in [4.69, 9.17) is 4.74 Å². The third-order valence-corrected chi connectivity index (χ3v) is 8.11. The molecule has 3 rings (SSSR count). The standard InChI is InChI=1S/C25H41NO4S/c1-3-4-8-25(2,29)9-5-6-21-22-16-19(15-20(22)17-23(21)27)18-31-14-7-24(28)26-10-12-30-13-11-26/h5-6,15,20-23,27,29H,3-4,7-14,16-18H2,1-2H3/t20-,21+,22-,23+,25-/m0/s1. The van der Waals surface area contributed by atoms with Crippen LogP contribution in [0.15, 0.2) is 23.8 Å². The predicted octanol–water partition coefficient (Wildman–Crippen LogP) is 3.80. The van der Waals surface area contributed by atoms with E-state index in [2.05, 4.69) is 25.2 Å². The fraction of sp³-hybridized carbons (Fsp3) is 0.800. The Balaban J connectivity index is 1.39. The lowest BCUT2D eigenvalue weighted by atomic mass is 9.88. The van der Waals surface area contributed by atoms with Crippen molar-refractivity contribution in [2.45, 2.75) is 70.5 Å². The summed E-state index contributed by atoms with van der Waals surface area (Å²) in [7, 11) is 0. The highest BCUT2D eigenvalue weighted by Crippen LogP contribution is 2.47. The molecule has 2 fully saturated rings. The molecular formula is C25H41NO4S. The lowest BCUT2D eigenvalue weighted by Crippen LogP contribution is -2.40. The summed E-state index contributed by atoms with van der Waals surface area (Å²) in [5.41, 5.74) is 0.822. The Bertz CT molecular complexity index is 641. The van der Waals surface area contributed by atoms with Gasteiger partial charge in [0.2, 0.25) is 5.91 Å². The topological polar surface area (TPSA) is 70.0 Å². The van der Waals surface area contributed by atoms with Gasteiger partial charge in [0.15, 0.2) is 0 Å². The average molecular weight is 452 g/mol. The van der Waals surface area contributed by atoms with Gasteiger partial charge in [-0.05, 0) is 44.4 Å². The molecule has 2 N–H and O–H groups in total. The number of allylic oxidation sites excluding steroid dienone is 1. The second-order valence-electron chi connectivity index (χ2n) is 9.77. The molecule has 176 valence electrons. The molecule has 2 aliphatic carbocycles. The van der Waals surface area contributed by atoms with Gasteiger partial charge < -0.3 is 19.8 Å². The zero-order chi connectivity index (χ0) is 22.3. The van der Waals surface area contributed by atoms with Crippen LogP contribution in [-0.4, -0.2) is 70.5 Å². The third kappa shape index (κ3) is 7.34. The maximum absolute atomic E-state index is 12.3. The minimum Gasteiger partial charge on any atom is -0.392 e. The summed E-state index contributed by atoms with van der Waals surface area (Å²) in [6.45, 7) is 6.83. The molecule has 6 heteroatoms. The molecule has 1 amide bonds. The van der Waals surface area contributed by atoms with Crippen molar-refractivity contribution in [1.29, 1.82) is 0 Å². The number of hydrogen-bond donors (Lipinski definition) is 2. The third-order valence-electron chi connectivity index (χ3n) is 7.05. The van der Waals surface area contributed by atoms with Crippen molar-refractivity contribution in [3.05, 3.63) is 23.8 Å². The van der Waals surface area contributed by atoms with Crippen LogP contribution in [-0.2, 0) is 9.53 Å². The molecule has 0 bridgehead atoms. The van der Waals surface area contributed by atoms with Crippen molar-refractivity contribution in [2.75, 3.05) is 37.8 Å². The van der Waals surface area contributed by atoms with Gasteiger partial charge in [0.05, 0.1) is 24.9 Å². The van der Waals surface area contributed by atoms with Crippen molar-refractivity contribution in [2.24, 2.45) is 17.8 Å². The van der Waals surface area contributed by atoms with Crippen LogP contribution in [0.1, 0.15) is 58.8 Å². The van der Waals surface area contributed by atoms with Crippen LogP contribution in [0.2, 0.25) is 0 Å². The predicted molar refractivity (Wildman–Crippen MR) is 127 cm³/mol. The Morgan fingerprint density at radius 2 is 2.16 bits per heavy atom. The van der Waals surface area contributed by atoms with Gasteiger partial charge in [0.1, 0.15) is 0 Å². The van der Waals surface area contributed by atoms with Gasteiger partial charge in [-0.25, -0.2) is 0 Å². The minimum absolute atomic E-state index is 0.189. The van der Waals surface area contributed by atoms with E-state index in [9.17, 15) is 15.0 Å². The summed E-state index contributed by atoms with van der Waals surface area (Å²) in [5.74, 6) is 3.24. The van der Waals surface area contributed by atoms with Crippen molar-refractivity contribution >= 4 is 17.7 Å². The molecule has 1 saturated carbocycles. The molecule has 0 spiro atoms. The van der Waals surface area contributed by atoms with Gasteiger partial charge in [0.25, 0.3) is 0 Å². The molecule has 1 aliphatic heterocycles. The number of thioether (sulfide) groups is 1. The summed E-state index contributed by atoms with van der Waals surface area (Å²) in [4.78, 5) is 14.2. The first-order valence-corrected chi connectivity index (χ1v) is 13.2. The molecule has 0 aromatic rings. The van der Waals surface area contributed by atoms with E-state index in [0.29, 0.717) is 37.9 Å². The fourth-order valence-electron chi connectivity index (χ4n) is 5.18. The van der Waals surface area contributed by atoms with Gasteiger partial charge in [0, 0.05) is 36.9 Å². The van der Waals surface area contributed by atoms with Crippen LogP contribution in [0.3, 0.4) is 0 Å². The summed E-state index contributed by atoms with van der Waals surface area (Å²) >= 11 is 1.85. The quantitative estimate of drug-likeness (QED) is 0.369. The van der Waals surface area contributed by atoms with Gasteiger partial charge in [-0.1, -0.05) is 43.6 Å². The first-order chi connectivity index (χ1) is 14.9. The molecule has 0 unspecified atom stereocenters. The van der Waals surface area contributed by atoms with Crippen molar-refractivity contribution in [3.8, 4) is 0 Å². The van der Waals surface area contributed by atoms with Crippen molar-refractivity contribution < 1.29 is 19.7 Å². The normalized spacial score (nSPS) is 30.5. The molecule has 31 heavy (non-hydrogen) atoms. The minimum atomic E-state index is -0.649. The van der Waals surface area contributed by atoms with E-state index in [1.807, 2.05) is 23.6 Å². The molecule has 5 atom stereocenters. The smallest absolute Gasteiger partial charge is 0.223 e. The van der Waals surface area contributed by atoms with E-state index >= 15 is 0 Å². The van der Waals surface area contributed by atoms with Gasteiger partial charge in [-0.3, -0.25) is 4.79 Å². The van der Waals surface area contributed by atoms with Gasteiger partial charge >= 0.3 is 0 Å². The van der Waals surface area contributed by atoms with Crippen LogP contribution >= 0.6 is 11.8 Å². The molecule has 0 aromatic carbocycles. The first-order valence-electron chi connectivity index (χ1n) is 12.1. The van der Waals surface area contributed by atoms with E-state index in [-0.39, 0.29) is 17.9 Å². The van der Waals surface area contributed by atoms with E-state index in [1.54, 1.807) is 0 Å². The lowest BCUT2D eigenvalue weighted by Gasteiger charge is -2.26. The second kappa shape index (κ2) is 11.9. The Kier molecular flexibility index (Phi) is 9.50. The highest BCUT2D eigenvalue weighted by atomic mass is 32.2. The molecule has 0 radical (unpaired) electrons. The first kappa shape index (κ1) is 24.8. The summed E-state index contributed by atoms with van der Waals surface area (Å²) < 4.78 is 5.31. The lowest BCUT2D eigenvalue weighted by molar-refractivity contribution is -0.134. The number of carbonyl (C=O) groups excluding carboxylic acids is 1. The highest BCUT2D eigenvalue weighted by Gasteiger charge is 2.43. The van der Waals surface area contributed by atoms with Crippen molar-refractivity contribution in [1.82, 2.24) is 4.90 Å². The number of aliphatic hydroxyl groups is 2. The number of aliphatic hydroxyl groups excluding tert-OH is 1. The fourth-order valence-corrected chi connectivity index (χ4v) is 6.12. The maximum atomic E-state index is 12.3. The molecule has 3 aliphatic rings. The average Bonchev–Trinajstić information content (AvgIpc) is 3.27. The molecule has 0 aromatic heterocycles. The van der Waals surface area contributed by atoms with Crippen LogP contribution in [0.25, 0.3) is 0 Å². The number of rotatable bonds is 11. The summed E-state index contributed by atoms with van der Waals surface area (Å²) in [5, 5.41) is 21.0. The monoisotopic (exact) mass is 451 g/mol. The van der Waals surface area contributed by atoms with Gasteiger partial charge in [-0.15, -0.1) is 0 Å². The highest BCUT2D eigenvalue weighted by molar-refractivity contribution is 7.99. The Hall–Kier alpha value is -0.820. The second-order valence-corrected chi connectivity index (χ2v) is 10.9. The zero-order valence-electron chi connectivity index (χ0n) is 19.3. The van der Waals surface area contributed by atoms with Crippen LogP contribution in [0.5, 0.6) is 0 Å². The SMILES string of the molecule is CCCC[C@](C)(O)CC=C[C@@H]1[C@H]2CC(CSCCC(=O)N3CCOCC3)=C[C@H]2C[C@H]1O. The van der Waals surface area contributed by atoms with Crippen LogP contribution in [0, 0.1) is 17.8 Å². The van der Waals surface area contributed by atoms with Crippen LogP contribution < -0.4 is 0 Å². The number of morpholine rings is 1. The zero-order valence-corrected chi connectivity index (χ0v) is 20.1. The van der Waals surface area contributed by atoms with E-state index in [1.165, 1.54) is 5.57 Å². The number of unbranched alkanes of at least 4 members (excludes halogenated alkanes) is 1. The van der Waals surface area contributed by atoms with E-state index < -0.39 is 5.60 Å². The number of fused-ring (bicyclic) bond motifs is 1. The molecular weight excluding hydrogens is 410 g/mol. The van der Waals surface area contributed by atoms with E-state index in [0.717, 1.165) is 56.7 Å². The Morgan fingerprint density at radius 3 is 2.90 bits per heavy atom. The maximum Gasteiger partial charge on any atom is 0.223 e. The number of ether oxygens (including phenoxy) is 1. The Morgan fingerprint density at radius 1 is 1.39 bits per heavy atom. The largest absolute Gasteiger partial charge is 0.392 e. The molecule has 1 heterocycles. The van der Waals surface area contributed by atoms with Crippen LogP contribution in [0.4, 0.5) is 0 Å². The Labute approximate surface area is 192 Å². The van der Waals surface area contributed by atoms with Crippen molar-refractivity contribution in [3.63, 3.8) is 0 Å². The molecule has 5 nitrogen and oxygen atoms in total. The van der Waals surface area contributed by atoms with Gasteiger partial charge in [-0.2, -0.15) is 11.8 Å².